The number of amides is 1. The van der Waals surface area contributed by atoms with Gasteiger partial charge in [0, 0.05) is 18.5 Å². The summed E-state index contributed by atoms with van der Waals surface area (Å²) in [6.45, 7) is 1.54. The Kier molecular flexibility index (Phi) is 4.51. The molecular formula is C22H21N7O. The van der Waals surface area contributed by atoms with Crippen molar-refractivity contribution in [2.45, 2.75) is 19.4 Å². The summed E-state index contributed by atoms with van der Waals surface area (Å²) in [6.07, 6.45) is 3.50. The summed E-state index contributed by atoms with van der Waals surface area (Å²) in [6, 6.07) is 15.5. The molecule has 2 aromatic heterocycles. The van der Waals surface area contributed by atoms with Crippen molar-refractivity contribution in [1.29, 1.82) is 0 Å². The maximum Gasteiger partial charge on any atom is 0.253 e. The first kappa shape index (κ1) is 18.1. The number of aromatic nitrogens is 4. The normalized spacial score (nSPS) is 12.9. The highest BCUT2D eigenvalue weighted by Crippen LogP contribution is 2.30. The topological polar surface area (TPSA) is 111 Å². The molecule has 3 heterocycles. The smallest absolute Gasteiger partial charge is 0.253 e. The molecule has 8 heteroatoms. The third-order valence-corrected chi connectivity index (χ3v) is 5.24. The van der Waals surface area contributed by atoms with E-state index in [1.807, 2.05) is 24.3 Å². The van der Waals surface area contributed by atoms with Crippen LogP contribution in [0.3, 0.4) is 0 Å². The second-order valence-corrected chi connectivity index (χ2v) is 7.22. The van der Waals surface area contributed by atoms with Crippen LogP contribution >= 0.6 is 0 Å². The number of carbonyl (C=O) groups is 1. The fraction of sp³-hybridized carbons (Fsp3) is 0.182. The average molecular weight is 399 g/mol. The largest absolute Gasteiger partial charge is 0.381 e. The number of hydrogen-bond acceptors (Lipinski definition) is 6. The van der Waals surface area contributed by atoms with Crippen LogP contribution in [0.25, 0.3) is 16.9 Å². The summed E-state index contributed by atoms with van der Waals surface area (Å²) < 4.78 is 1.66. The van der Waals surface area contributed by atoms with Gasteiger partial charge in [-0.1, -0.05) is 36.4 Å². The Hall–Kier alpha value is -3.94. The molecule has 0 atom stereocenters. The van der Waals surface area contributed by atoms with Crippen LogP contribution in [0.4, 0.5) is 11.5 Å². The van der Waals surface area contributed by atoms with Crippen molar-refractivity contribution < 1.29 is 4.79 Å². The third-order valence-electron chi connectivity index (χ3n) is 5.24. The minimum absolute atomic E-state index is 0.431. The van der Waals surface area contributed by atoms with Gasteiger partial charge in [-0.05, 0) is 30.5 Å². The fourth-order valence-corrected chi connectivity index (χ4v) is 3.76. The number of nitrogens with one attached hydrogen (secondary N) is 2. The molecule has 1 aliphatic heterocycles. The van der Waals surface area contributed by atoms with Crippen molar-refractivity contribution >= 4 is 28.3 Å². The van der Waals surface area contributed by atoms with Crippen molar-refractivity contribution in [3.05, 3.63) is 71.5 Å². The minimum atomic E-state index is -0.485. The Labute approximate surface area is 173 Å². The predicted octanol–water partition coefficient (Wildman–Crippen LogP) is 2.88. The van der Waals surface area contributed by atoms with E-state index in [0.29, 0.717) is 23.4 Å². The third kappa shape index (κ3) is 3.22. The van der Waals surface area contributed by atoms with Crippen LogP contribution in [0.1, 0.15) is 28.0 Å². The molecule has 4 aromatic rings. The Morgan fingerprint density at radius 2 is 2.00 bits per heavy atom. The first-order valence-corrected chi connectivity index (χ1v) is 9.90. The summed E-state index contributed by atoms with van der Waals surface area (Å²) in [5, 5.41) is 12.0. The fourth-order valence-electron chi connectivity index (χ4n) is 3.76. The van der Waals surface area contributed by atoms with Gasteiger partial charge in [0.05, 0.1) is 28.7 Å². The molecule has 0 unspecified atom stereocenters. The highest BCUT2D eigenvalue weighted by atomic mass is 16.1. The van der Waals surface area contributed by atoms with Gasteiger partial charge in [0.1, 0.15) is 0 Å². The molecule has 0 saturated carbocycles. The van der Waals surface area contributed by atoms with Gasteiger partial charge in [0.2, 0.25) is 5.91 Å². The quantitative estimate of drug-likeness (QED) is 0.476. The molecule has 0 spiro atoms. The molecule has 150 valence electrons. The standard InChI is InChI=1S/C22H21N7O/c23-20(30)15-8-4-10-18-16(15)13-26-29(18)22-27-17-9-5-11-24-19(17)21(28-22)25-12-14-6-2-1-3-7-14/h1-4,6-8,10,13,24H,5,9,11-12H2,(H2,23,30)(H,25,27,28). The lowest BCUT2D eigenvalue weighted by Crippen LogP contribution is -2.19. The number of anilines is 2. The van der Waals surface area contributed by atoms with Crippen molar-refractivity contribution in [1.82, 2.24) is 19.7 Å². The molecule has 0 bridgehead atoms. The Morgan fingerprint density at radius 1 is 1.13 bits per heavy atom. The van der Waals surface area contributed by atoms with Crippen molar-refractivity contribution in [2.75, 3.05) is 17.2 Å². The number of nitrogens with two attached hydrogens (primary N) is 1. The van der Waals surface area contributed by atoms with Gasteiger partial charge in [-0.2, -0.15) is 14.8 Å². The lowest BCUT2D eigenvalue weighted by molar-refractivity contribution is 0.100. The predicted molar refractivity (Wildman–Crippen MR) is 116 cm³/mol. The molecule has 0 fully saturated rings. The zero-order chi connectivity index (χ0) is 20.5. The molecule has 0 radical (unpaired) electrons. The van der Waals surface area contributed by atoms with E-state index in [2.05, 4.69) is 27.9 Å². The van der Waals surface area contributed by atoms with Gasteiger partial charge in [-0.25, -0.2) is 4.98 Å². The zero-order valence-corrected chi connectivity index (χ0v) is 16.3. The van der Waals surface area contributed by atoms with Gasteiger partial charge >= 0.3 is 0 Å². The summed E-state index contributed by atoms with van der Waals surface area (Å²) in [7, 11) is 0. The first-order chi connectivity index (χ1) is 14.7. The van der Waals surface area contributed by atoms with Crippen molar-refractivity contribution in [3.63, 3.8) is 0 Å². The summed E-state index contributed by atoms with van der Waals surface area (Å²) in [5.74, 6) is 0.721. The molecule has 30 heavy (non-hydrogen) atoms. The van der Waals surface area contributed by atoms with Gasteiger partial charge in [0.25, 0.3) is 5.95 Å². The molecular weight excluding hydrogens is 378 g/mol. The van der Waals surface area contributed by atoms with E-state index in [9.17, 15) is 4.79 Å². The number of rotatable bonds is 5. The molecule has 5 rings (SSSR count). The molecule has 1 amide bonds. The first-order valence-electron chi connectivity index (χ1n) is 9.90. The number of benzene rings is 2. The molecule has 0 aliphatic carbocycles. The maximum absolute atomic E-state index is 11.8. The maximum atomic E-state index is 11.8. The second kappa shape index (κ2) is 7.47. The van der Waals surface area contributed by atoms with E-state index >= 15 is 0 Å². The van der Waals surface area contributed by atoms with E-state index in [1.54, 1.807) is 23.0 Å². The van der Waals surface area contributed by atoms with E-state index in [0.717, 1.165) is 47.7 Å². The molecule has 4 N–H and O–H groups in total. The van der Waals surface area contributed by atoms with Crippen LogP contribution in [0.5, 0.6) is 0 Å². The summed E-state index contributed by atoms with van der Waals surface area (Å²) >= 11 is 0. The SMILES string of the molecule is NC(=O)c1cccc2c1cnn2-c1nc2c(c(NCc3ccccc3)n1)NCCC2. The average Bonchev–Trinajstić information content (AvgIpc) is 3.22. The van der Waals surface area contributed by atoms with Crippen LogP contribution in [0.2, 0.25) is 0 Å². The summed E-state index contributed by atoms with van der Waals surface area (Å²) in [5.41, 5.74) is 9.74. The minimum Gasteiger partial charge on any atom is -0.381 e. The number of carbonyl (C=O) groups excluding carboxylic acids is 1. The van der Waals surface area contributed by atoms with Crippen LogP contribution < -0.4 is 16.4 Å². The Bertz CT molecular complexity index is 1230. The van der Waals surface area contributed by atoms with Crippen LogP contribution in [0, 0.1) is 0 Å². The monoisotopic (exact) mass is 399 g/mol. The molecule has 2 aromatic carbocycles. The zero-order valence-electron chi connectivity index (χ0n) is 16.3. The summed E-state index contributed by atoms with van der Waals surface area (Å²) in [4.78, 5) is 21.3. The van der Waals surface area contributed by atoms with E-state index in [4.69, 9.17) is 15.7 Å². The molecule has 0 saturated heterocycles. The van der Waals surface area contributed by atoms with E-state index in [-0.39, 0.29) is 0 Å². The molecule has 1 aliphatic rings. The van der Waals surface area contributed by atoms with Crippen LogP contribution in [-0.4, -0.2) is 32.2 Å². The lowest BCUT2D eigenvalue weighted by Gasteiger charge is -2.21. The Morgan fingerprint density at radius 3 is 2.83 bits per heavy atom. The van der Waals surface area contributed by atoms with E-state index in [1.165, 1.54) is 0 Å². The lowest BCUT2D eigenvalue weighted by atomic mass is 10.1. The highest BCUT2D eigenvalue weighted by Gasteiger charge is 2.20. The number of hydrogen-bond donors (Lipinski definition) is 3. The van der Waals surface area contributed by atoms with E-state index < -0.39 is 5.91 Å². The number of nitrogens with zero attached hydrogens (tertiary/aromatic N) is 4. The second-order valence-electron chi connectivity index (χ2n) is 7.22. The van der Waals surface area contributed by atoms with Gasteiger partial charge < -0.3 is 16.4 Å². The van der Waals surface area contributed by atoms with Crippen molar-refractivity contribution in [3.8, 4) is 5.95 Å². The van der Waals surface area contributed by atoms with Crippen LogP contribution in [-0.2, 0) is 13.0 Å². The van der Waals surface area contributed by atoms with Gasteiger partial charge in [-0.3, -0.25) is 4.79 Å². The number of primary amides is 1. The Balaban J connectivity index is 1.58. The number of aryl methyl sites for hydroxylation is 1. The van der Waals surface area contributed by atoms with Gasteiger partial charge in [-0.15, -0.1) is 0 Å². The number of fused-ring (bicyclic) bond motifs is 2. The van der Waals surface area contributed by atoms with Crippen LogP contribution in [0.15, 0.2) is 54.7 Å². The van der Waals surface area contributed by atoms with Gasteiger partial charge in [0.15, 0.2) is 5.82 Å². The molecule has 8 nitrogen and oxygen atoms in total. The van der Waals surface area contributed by atoms with Crippen molar-refractivity contribution in [2.24, 2.45) is 5.73 Å². The highest BCUT2D eigenvalue weighted by molar-refractivity contribution is 6.05.